The molecule has 30 heavy (non-hydrogen) atoms. The van der Waals surface area contributed by atoms with Crippen LogP contribution in [0.2, 0.25) is 0 Å². The van der Waals surface area contributed by atoms with Crippen molar-refractivity contribution in [3.63, 3.8) is 0 Å². The van der Waals surface area contributed by atoms with E-state index >= 15 is 0 Å². The Morgan fingerprint density at radius 1 is 1.17 bits per heavy atom. The number of rotatable bonds is 3. The van der Waals surface area contributed by atoms with Crippen LogP contribution in [0.15, 0.2) is 54.9 Å². The molecular formula is C22H23FN4O3. The van der Waals surface area contributed by atoms with Crippen molar-refractivity contribution in [1.29, 1.82) is 0 Å². The van der Waals surface area contributed by atoms with Gasteiger partial charge in [0.1, 0.15) is 18.0 Å². The number of fused-ring (bicyclic) bond motifs is 2. The van der Waals surface area contributed by atoms with Gasteiger partial charge in [-0.25, -0.2) is 14.4 Å². The van der Waals surface area contributed by atoms with Gasteiger partial charge in [0, 0.05) is 36.6 Å². The first-order valence-electron chi connectivity index (χ1n) is 9.83. The molecule has 156 valence electrons. The highest BCUT2D eigenvalue weighted by molar-refractivity contribution is 5.88. The number of halogens is 1. The van der Waals surface area contributed by atoms with Crippen molar-refractivity contribution in [2.45, 2.75) is 24.6 Å². The lowest BCUT2D eigenvalue weighted by Crippen LogP contribution is -2.42. The van der Waals surface area contributed by atoms with Crippen molar-refractivity contribution in [3.8, 4) is 0 Å². The van der Waals surface area contributed by atoms with E-state index in [9.17, 15) is 4.39 Å². The lowest BCUT2D eigenvalue weighted by Gasteiger charge is -2.35. The summed E-state index contributed by atoms with van der Waals surface area (Å²) in [6.45, 7) is 2.35. The highest BCUT2D eigenvalue weighted by atomic mass is 19.1. The predicted octanol–water partition coefficient (Wildman–Crippen LogP) is 3.10. The molecule has 5 rings (SSSR count). The summed E-state index contributed by atoms with van der Waals surface area (Å²) in [6, 6.07) is 15.7. The van der Waals surface area contributed by atoms with Crippen LogP contribution in [0.3, 0.4) is 0 Å². The number of carboxylic acid groups (broad SMARTS) is 1. The third-order valence-electron chi connectivity index (χ3n) is 5.53. The molecule has 3 atom stereocenters. The molecule has 0 bridgehead atoms. The first-order chi connectivity index (χ1) is 14.7. The molecule has 7 nitrogen and oxygen atoms in total. The molecular weight excluding hydrogens is 387 g/mol. The van der Waals surface area contributed by atoms with Crippen LogP contribution >= 0.6 is 0 Å². The highest BCUT2D eigenvalue weighted by Crippen LogP contribution is 2.32. The molecule has 0 radical (unpaired) electrons. The van der Waals surface area contributed by atoms with Gasteiger partial charge in [0.2, 0.25) is 0 Å². The molecule has 0 amide bonds. The van der Waals surface area contributed by atoms with E-state index in [-0.39, 0.29) is 24.4 Å². The average molecular weight is 410 g/mol. The van der Waals surface area contributed by atoms with Crippen LogP contribution in [-0.2, 0) is 9.53 Å². The van der Waals surface area contributed by atoms with Crippen molar-refractivity contribution in [2.75, 3.05) is 25.0 Å². The van der Waals surface area contributed by atoms with Gasteiger partial charge in [0.25, 0.3) is 6.47 Å². The fraction of sp³-hybridized carbons (Fsp3) is 0.318. The molecule has 8 heteroatoms. The maximum atomic E-state index is 13.4. The number of benzene rings is 2. The number of aromatic nitrogens is 2. The quantitative estimate of drug-likeness (QED) is 0.642. The number of anilines is 1. The van der Waals surface area contributed by atoms with Crippen molar-refractivity contribution >= 4 is 23.2 Å². The smallest absolute Gasteiger partial charge is 0.290 e. The van der Waals surface area contributed by atoms with E-state index in [1.54, 1.807) is 6.07 Å². The maximum Gasteiger partial charge on any atom is 0.290 e. The summed E-state index contributed by atoms with van der Waals surface area (Å²) in [5.41, 5.74) is 1.85. The number of hydrogen-bond acceptors (Lipinski definition) is 6. The van der Waals surface area contributed by atoms with Crippen molar-refractivity contribution in [2.24, 2.45) is 0 Å². The minimum absolute atomic E-state index is 0.129. The Morgan fingerprint density at radius 3 is 2.77 bits per heavy atom. The summed E-state index contributed by atoms with van der Waals surface area (Å²) >= 11 is 0. The van der Waals surface area contributed by atoms with E-state index in [0.29, 0.717) is 11.6 Å². The van der Waals surface area contributed by atoms with Gasteiger partial charge in [-0.1, -0.05) is 30.3 Å². The Kier molecular flexibility index (Phi) is 6.15. The van der Waals surface area contributed by atoms with E-state index in [4.69, 9.17) is 14.6 Å². The fourth-order valence-corrected chi connectivity index (χ4v) is 4.19. The largest absolute Gasteiger partial charge is 0.483 e. The van der Waals surface area contributed by atoms with Crippen molar-refractivity contribution in [1.82, 2.24) is 14.9 Å². The van der Waals surface area contributed by atoms with E-state index in [1.165, 1.54) is 24.0 Å². The lowest BCUT2D eigenvalue weighted by atomic mass is 10.1. The highest BCUT2D eigenvalue weighted by Gasteiger charge is 2.37. The average Bonchev–Trinajstić information content (AvgIpc) is 3.16. The molecule has 0 spiro atoms. The number of morpholine rings is 1. The van der Waals surface area contributed by atoms with Crippen LogP contribution in [0.5, 0.6) is 0 Å². The molecule has 3 aromatic rings. The number of carbonyl (C=O) groups is 1. The second-order valence-corrected chi connectivity index (χ2v) is 7.41. The summed E-state index contributed by atoms with van der Waals surface area (Å²) in [7, 11) is 0. The standard InChI is InChI=1S/C21H21FN4O.CH2O2/c22-15-6-7-18-19(8-15)23-13-24-21(18)25-16-9-17-12-27-20(11-26(17)10-16)14-4-2-1-3-5-14;2-1-3/h1-8,13,16-17,20H,9-12H2,(H,23,24,25);1H,(H,2,3)/t16-,17+,20-;/m1./s1. The van der Waals surface area contributed by atoms with Crippen LogP contribution in [0, 0.1) is 5.82 Å². The Labute approximate surface area is 173 Å². The van der Waals surface area contributed by atoms with Gasteiger partial charge in [-0.05, 0) is 24.1 Å². The molecule has 3 heterocycles. The number of nitrogens with zero attached hydrogens (tertiary/aromatic N) is 3. The zero-order valence-electron chi connectivity index (χ0n) is 16.3. The first kappa shape index (κ1) is 20.2. The van der Waals surface area contributed by atoms with E-state index in [2.05, 4.69) is 44.5 Å². The second kappa shape index (κ2) is 9.15. The first-order valence-corrected chi connectivity index (χ1v) is 9.83. The molecule has 1 aromatic heterocycles. The van der Waals surface area contributed by atoms with Gasteiger partial charge in [0.15, 0.2) is 0 Å². The molecule has 2 fully saturated rings. The van der Waals surface area contributed by atoms with Crippen LogP contribution in [0.25, 0.3) is 10.9 Å². The Hall–Kier alpha value is -3.10. The summed E-state index contributed by atoms with van der Waals surface area (Å²) < 4.78 is 19.6. The van der Waals surface area contributed by atoms with E-state index in [0.717, 1.165) is 37.3 Å². The van der Waals surface area contributed by atoms with Gasteiger partial charge in [0.05, 0.1) is 18.2 Å². The van der Waals surface area contributed by atoms with Gasteiger partial charge in [-0.2, -0.15) is 0 Å². The third kappa shape index (κ3) is 4.39. The molecule has 0 saturated carbocycles. The third-order valence-corrected chi connectivity index (χ3v) is 5.53. The van der Waals surface area contributed by atoms with Crippen LogP contribution in [0.1, 0.15) is 18.1 Å². The summed E-state index contributed by atoms with van der Waals surface area (Å²) in [5, 5.41) is 11.3. The van der Waals surface area contributed by atoms with Gasteiger partial charge in [-0.15, -0.1) is 0 Å². The van der Waals surface area contributed by atoms with E-state index in [1.807, 2.05) is 6.07 Å². The lowest BCUT2D eigenvalue weighted by molar-refractivity contribution is -0.122. The minimum Gasteiger partial charge on any atom is -0.483 e. The Balaban J connectivity index is 0.000000687. The predicted molar refractivity (Wildman–Crippen MR) is 111 cm³/mol. The van der Waals surface area contributed by atoms with E-state index < -0.39 is 0 Å². The zero-order chi connectivity index (χ0) is 20.9. The zero-order valence-corrected chi connectivity index (χ0v) is 16.3. The second-order valence-electron chi connectivity index (χ2n) is 7.41. The van der Waals surface area contributed by atoms with Gasteiger partial charge >= 0.3 is 0 Å². The summed E-state index contributed by atoms with van der Waals surface area (Å²) in [5.74, 6) is 0.486. The van der Waals surface area contributed by atoms with Crippen LogP contribution in [0.4, 0.5) is 10.2 Å². The monoisotopic (exact) mass is 410 g/mol. The fourth-order valence-electron chi connectivity index (χ4n) is 4.19. The van der Waals surface area contributed by atoms with Crippen LogP contribution in [-0.4, -0.2) is 58.2 Å². The minimum atomic E-state index is -0.283. The maximum absolute atomic E-state index is 13.4. The Morgan fingerprint density at radius 2 is 1.97 bits per heavy atom. The van der Waals surface area contributed by atoms with Crippen LogP contribution < -0.4 is 5.32 Å². The van der Waals surface area contributed by atoms with Crippen molar-refractivity contribution < 1.29 is 19.0 Å². The molecule has 0 aliphatic carbocycles. The molecule has 2 aromatic carbocycles. The Bertz CT molecular complexity index is 1000. The van der Waals surface area contributed by atoms with Gasteiger partial charge < -0.3 is 15.2 Å². The topological polar surface area (TPSA) is 87.6 Å². The number of ether oxygens (including phenoxy) is 1. The molecule has 2 aliphatic rings. The molecule has 2 aliphatic heterocycles. The summed E-state index contributed by atoms with van der Waals surface area (Å²) in [6.07, 6.45) is 2.62. The molecule has 2 saturated heterocycles. The molecule has 2 N–H and O–H groups in total. The van der Waals surface area contributed by atoms with Gasteiger partial charge in [-0.3, -0.25) is 9.69 Å². The van der Waals surface area contributed by atoms with Crippen molar-refractivity contribution in [3.05, 3.63) is 66.2 Å². The molecule has 0 unspecified atom stereocenters. The number of hydrogen-bond donors (Lipinski definition) is 2. The summed E-state index contributed by atoms with van der Waals surface area (Å²) in [4.78, 5) is 19.4. The number of nitrogens with one attached hydrogen (secondary N) is 1. The SMILES string of the molecule is Fc1ccc2c(N[C@@H]3C[C@H]4CO[C@@H](c5ccccc5)CN4C3)ncnc2c1.O=CO. The normalized spacial score (nSPS) is 23.3.